The Balaban J connectivity index is 1.77. The highest BCUT2D eigenvalue weighted by molar-refractivity contribution is 7.91. The van der Waals surface area contributed by atoms with Gasteiger partial charge >= 0.3 is 0 Å². The molecule has 0 aliphatic carbocycles. The molecule has 1 fully saturated rings. The first kappa shape index (κ1) is 16.5. The molecule has 25 heavy (non-hydrogen) atoms. The van der Waals surface area contributed by atoms with Crippen LogP contribution < -0.4 is 0 Å². The van der Waals surface area contributed by atoms with Crippen molar-refractivity contribution in [3.8, 4) is 23.0 Å². The van der Waals surface area contributed by atoms with E-state index in [9.17, 15) is 8.42 Å². The van der Waals surface area contributed by atoms with Crippen molar-refractivity contribution in [3.63, 3.8) is 0 Å². The first-order chi connectivity index (χ1) is 12.1. The lowest BCUT2D eigenvalue weighted by Crippen LogP contribution is -2.13. The minimum absolute atomic E-state index is 0.118. The van der Waals surface area contributed by atoms with Crippen molar-refractivity contribution in [2.24, 2.45) is 0 Å². The van der Waals surface area contributed by atoms with Gasteiger partial charge in [0, 0.05) is 15.8 Å². The second-order valence-electron chi connectivity index (χ2n) is 6.29. The van der Waals surface area contributed by atoms with Crippen LogP contribution in [-0.2, 0) is 16.3 Å². The number of nitrogens with zero attached hydrogens (tertiary/aromatic N) is 3. The Labute approximate surface area is 150 Å². The Morgan fingerprint density at radius 3 is 3.00 bits per heavy atom. The van der Waals surface area contributed by atoms with Gasteiger partial charge in [-0.25, -0.2) is 18.1 Å². The molecule has 0 saturated carbocycles. The molecule has 0 N–H and O–H groups in total. The topological polar surface area (TPSA) is 78.0 Å². The summed E-state index contributed by atoms with van der Waals surface area (Å²) in [7, 11) is -3.00. The molecule has 8 heteroatoms. The van der Waals surface area contributed by atoms with E-state index in [1.165, 1.54) is 4.88 Å². The SMILES string of the molecule is CCCc1cc(-c2nc(-c3ccco3)nn2[C@@H]2CCS(=O)(=O)C2)cs1. The fourth-order valence-corrected chi connectivity index (χ4v) is 5.79. The summed E-state index contributed by atoms with van der Waals surface area (Å²) in [6.07, 6.45) is 4.27. The second-order valence-corrected chi connectivity index (χ2v) is 9.51. The van der Waals surface area contributed by atoms with Gasteiger partial charge in [0.25, 0.3) is 0 Å². The van der Waals surface area contributed by atoms with E-state index in [-0.39, 0.29) is 17.5 Å². The molecule has 0 spiro atoms. The standard InChI is InChI=1S/C17H19N3O3S2/c1-2-4-14-9-12(10-24-14)17-18-16(15-5-3-7-23-15)19-20(17)13-6-8-25(21,22)11-13/h3,5,7,9-10,13H,2,4,6,8,11H2,1H3/t13-/m1/s1. The smallest absolute Gasteiger partial charge is 0.217 e. The van der Waals surface area contributed by atoms with Crippen molar-refractivity contribution < 1.29 is 12.8 Å². The minimum Gasteiger partial charge on any atom is -0.461 e. The monoisotopic (exact) mass is 377 g/mol. The van der Waals surface area contributed by atoms with Crippen LogP contribution in [0.15, 0.2) is 34.3 Å². The van der Waals surface area contributed by atoms with Gasteiger partial charge in [0.05, 0.1) is 23.8 Å². The van der Waals surface area contributed by atoms with Crippen LogP contribution in [0.5, 0.6) is 0 Å². The van der Waals surface area contributed by atoms with Gasteiger partial charge in [0.1, 0.15) is 0 Å². The molecule has 0 amide bonds. The maximum Gasteiger partial charge on any atom is 0.217 e. The molecule has 1 atom stereocenters. The van der Waals surface area contributed by atoms with E-state index in [1.54, 1.807) is 28.3 Å². The number of thiophene rings is 1. The summed E-state index contributed by atoms with van der Waals surface area (Å²) >= 11 is 1.70. The normalized spacial score (nSPS) is 19.5. The van der Waals surface area contributed by atoms with Crippen LogP contribution in [0.3, 0.4) is 0 Å². The quantitative estimate of drug-likeness (QED) is 0.679. The van der Waals surface area contributed by atoms with Gasteiger partial charge in [-0.3, -0.25) is 0 Å². The summed E-state index contributed by atoms with van der Waals surface area (Å²) in [5, 5.41) is 6.65. The molecule has 0 bridgehead atoms. The van der Waals surface area contributed by atoms with Crippen LogP contribution in [0, 0.1) is 0 Å². The molecule has 6 nitrogen and oxygen atoms in total. The van der Waals surface area contributed by atoms with E-state index in [1.807, 2.05) is 6.07 Å². The number of hydrogen-bond donors (Lipinski definition) is 0. The Hall–Kier alpha value is -1.93. The van der Waals surface area contributed by atoms with Crippen LogP contribution in [0.4, 0.5) is 0 Å². The molecule has 1 aliphatic rings. The van der Waals surface area contributed by atoms with Crippen molar-refractivity contribution in [1.82, 2.24) is 14.8 Å². The number of aryl methyl sites for hydroxylation is 1. The van der Waals surface area contributed by atoms with Gasteiger partial charge in [-0.2, -0.15) is 0 Å². The van der Waals surface area contributed by atoms with Gasteiger partial charge in [-0.05, 0) is 31.0 Å². The molecule has 4 heterocycles. The number of hydrogen-bond acceptors (Lipinski definition) is 6. The average molecular weight is 377 g/mol. The number of furan rings is 1. The summed E-state index contributed by atoms with van der Waals surface area (Å²) < 4.78 is 31.0. The van der Waals surface area contributed by atoms with Crippen molar-refractivity contribution in [1.29, 1.82) is 0 Å². The van der Waals surface area contributed by atoms with E-state index >= 15 is 0 Å². The van der Waals surface area contributed by atoms with E-state index in [0.29, 0.717) is 23.8 Å². The number of rotatable bonds is 5. The number of sulfone groups is 1. The van der Waals surface area contributed by atoms with Crippen molar-refractivity contribution in [3.05, 3.63) is 34.7 Å². The highest BCUT2D eigenvalue weighted by Gasteiger charge is 2.32. The van der Waals surface area contributed by atoms with E-state index in [4.69, 9.17) is 4.42 Å². The predicted molar refractivity (Wildman–Crippen MR) is 97.3 cm³/mol. The van der Waals surface area contributed by atoms with Gasteiger partial charge in [-0.15, -0.1) is 16.4 Å². The van der Waals surface area contributed by atoms with Crippen LogP contribution in [0.25, 0.3) is 23.0 Å². The first-order valence-electron chi connectivity index (χ1n) is 8.34. The predicted octanol–water partition coefficient (Wildman–Crippen LogP) is 3.58. The second kappa shape index (κ2) is 6.42. The maximum atomic E-state index is 11.9. The summed E-state index contributed by atoms with van der Waals surface area (Å²) in [5.41, 5.74) is 0.989. The van der Waals surface area contributed by atoms with Crippen LogP contribution in [0.1, 0.15) is 30.7 Å². The average Bonchev–Trinajstić information content (AvgIpc) is 3.32. The molecule has 1 saturated heterocycles. The highest BCUT2D eigenvalue weighted by Crippen LogP contribution is 2.32. The highest BCUT2D eigenvalue weighted by atomic mass is 32.2. The Kier molecular flexibility index (Phi) is 4.24. The lowest BCUT2D eigenvalue weighted by atomic mass is 10.2. The molecule has 0 aromatic carbocycles. The summed E-state index contributed by atoms with van der Waals surface area (Å²) in [6, 6.07) is 5.56. The zero-order valence-electron chi connectivity index (χ0n) is 13.9. The lowest BCUT2D eigenvalue weighted by molar-refractivity contribution is 0.502. The molecule has 0 radical (unpaired) electrons. The largest absolute Gasteiger partial charge is 0.461 e. The van der Waals surface area contributed by atoms with E-state index in [2.05, 4.69) is 28.5 Å². The third-order valence-corrected chi connectivity index (χ3v) is 7.08. The summed E-state index contributed by atoms with van der Waals surface area (Å²) in [5.74, 6) is 2.12. The molecule has 3 aromatic heterocycles. The van der Waals surface area contributed by atoms with Gasteiger partial charge in [-0.1, -0.05) is 13.3 Å². The maximum absolute atomic E-state index is 11.9. The van der Waals surface area contributed by atoms with Gasteiger partial charge in [0.2, 0.25) is 5.82 Å². The minimum atomic E-state index is -3.00. The van der Waals surface area contributed by atoms with E-state index < -0.39 is 9.84 Å². The van der Waals surface area contributed by atoms with Crippen LogP contribution in [0.2, 0.25) is 0 Å². The molecule has 1 aliphatic heterocycles. The molecule has 4 rings (SSSR count). The lowest BCUT2D eigenvalue weighted by Gasteiger charge is -2.10. The van der Waals surface area contributed by atoms with Crippen LogP contribution in [-0.4, -0.2) is 34.7 Å². The third kappa shape index (κ3) is 3.28. The van der Waals surface area contributed by atoms with Crippen molar-refractivity contribution in [2.45, 2.75) is 32.2 Å². The molecular formula is C17H19N3O3S2. The Morgan fingerprint density at radius 1 is 1.44 bits per heavy atom. The fraction of sp³-hybridized carbons (Fsp3) is 0.412. The number of aromatic nitrogens is 3. The van der Waals surface area contributed by atoms with Gasteiger partial charge < -0.3 is 4.42 Å². The van der Waals surface area contributed by atoms with Crippen molar-refractivity contribution in [2.75, 3.05) is 11.5 Å². The third-order valence-electron chi connectivity index (χ3n) is 4.34. The zero-order chi connectivity index (χ0) is 17.4. The molecular weight excluding hydrogens is 358 g/mol. The van der Waals surface area contributed by atoms with E-state index in [0.717, 1.165) is 18.4 Å². The van der Waals surface area contributed by atoms with Crippen LogP contribution >= 0.6 is 11.3 Å². The summed E-state index contributed by atoms with van der Waals surface area (Å²) in [6.45, 7) is 2.15. The molecule has 3 aromatic rings. The Bertz CT molecular complexity index is 971. The van der Waals surface area contributed by atoms with Gasteiger partial charge in [0.15, 0.2) is 21.4 Å². The summed E-state index contributed by atoms with van der Waals surface area (Å²) in [4.78, 5) is 5.96. The molecule has 132 valence electrons. The molecule has 0 unspecified atom stereocenters. The Morgan fingerprint density at radius 2 is 2.32 bits per heavy atom. The van der Waals surface area contributed by atoms with Crippen molar-refractivity contribution >= 4 is 21.2 Å². The zero-order valence-corrected chi connectivity index (χ0v) is 15.5. The fourth-order valence-electron chi connectivity index (χ4n) is 3.13. The first-order valence-corrected chi connectivity index (χ1v) is 11.0.